The number of hydrogen-bond acceptors (Lipinski definition) is 1. The molecule has 0 saturated heterocycles. The smallest absolute Gasteiger partial charge is 0.120 e. The summed E-state index contributed by atoms with van der Waals surface area (Å²) in [6, 6.07) is 0. The Kier molecular flexibility index (Phi) is 2.84. The molecule has 0 aromatic rings. The summed E-state index contributed by atoms with van der Waals surface area (Å²) in [5.74, 6) is 0. The summed E-state index contributed by atoms with van der Waals surface area (Å²) in [7, 11) is 0. The Labute approximate surface area is 62.8 Å². The van der Waals surface area contributed by atoms with Crippen molar-refractivity contribution >= 4 is 0 Å². The first-order valence-electron chi connectivity index (χ1n) is 3.66. The highest BCUT2D eigenvalue weighted by Crippen LogP contribution is 2.28. The Morgan fingerprint density at radius 1 is 1.20 bits per heavy atom. The Balaban J connectivity index is 3.89. The maximum absolute atomic E-state index is 13.2. The van der Waals surface area contributed by atoms with Gasteiger partial charge in [0, 0.05) is 6.54 Å². The molecule has 1 nitrogen and oxygen atoms in total. The third kappa shape index (κ3) is 4.74. The lowest BCUT2D eigenvalue weighted by molar-refractivity contribution is 0.127. The quantitative estimate of drug-likeness (QED) is 0.636. The van der Waals surface area contributed by atoms with Gasteiger partial charge in [0.15, 0.2) is 0 Å². The van der Waals surface area contributed by atoms with Gasteiger partial charge in [0.1, 0.15) is 5.67 Å². The number of alkyl halides is 1. The Morgan fingerprint density at radius 3 is 1.70 bits per heavy atom. The zero-order valence-corrected chi connectivity index (χ0v) is 7.37. The Bertz CT molecular complexity index is 102. The maximum atomic E-state index is 13.2. The average molecular weight is 147 g/mol. The second kappa shape index (κ2) is 2.87. The third-order valence-electron chi connectivity index (χ3n) is 1.32. The second-order valence-corrected chi connectivity index (χ2v) is 4.35. The Morgan fingerprint density at radius 2 is 1.60 bits per heavy atom. The number of nitrogens with two attached hydrogens (primary N) is 1. The van der Waals surface area contributed by atoms with Gasteiger partial charge in [0.05, 0.1) is 0 Å². The van der Waals surface area contributed by atoms with E-state index in [0.29, 0.717) is 6.42 Å². The summed E-state index contributed by atoms with van der Waals surface area (Å²) in [5.41, 5.74) is 4.07. The summed E-state index contributed by atoms with van der Waals surface area (Å²) < 4.78 is 13.2. The molecule has 1 unspecified atom stereocenters. The number of rotatable bonds is 2. The van der Waals surface area contributed by atoms with Crippen LogP contribution in [0, 0.1) is 5.41 Å². The van der Waals surface area contributed by atoms with Crippen LogP contribution in [0.25, 0.3) is 0 Å². The molecule has 0 bridgehead atoms. The van der Waals surface area contributed by atoms with Crippen LogP contribution < -0.4 is 5.73 Å². The van der Waals surface area contributed by atoms with Crippen molar-refractivity contribution in [2.45, 2.75) is 39.8 Å². The van der Waals surface area contributed by atoms with Crippen molar-refractivity contribution < 1.29 is 4.39 Å². The molecule has 10 heavy (non-hydrogen) atoms. The van der Waals surface area contributed by atoms with Crippen LogP contribution in [-0.4, -0.2) is 12.2 Å². The standard InChI is InChI=1S/C8H18FN/c1-7(2,3)5-8(4,9)6-10/h5-6,10H2,1-4H3. The van der Waals surface area contributed by atoms with E-state index >= 15 is 0 Å². The van der Waals surface area contributed by atoms with Crippen LogP contribution in [0.15, 0.2) is 0 Å². The minimum absolute atomic E-state index is 0.0306. The highest BCUT2D eigenvalue weighted by molar-refractivity contribution is 4.80. The van der Waals surface area contributed by atoms with Gasteiger partial charge in [0.2, 0.25) is 0 Å². The molecular weight excluding hydrogens is 129 g/mol. The van der Waals surface area contributed by atoms with E-state index in [2.05, 4.69) is 0 Å². The van der Waals surface area contributed by atoms with Crippen molar-refractivity contribution in [2.24, 2.45) is 11.1 Å². The molecule has 0 fully saturated rings. The number of halogens is 1. The molecule has 0 radical (unpaired) electrons. The molecule has 0 aliphatic heterocycles. The van der Waals surface area contributed by atoms with E-state index in [-0.39, 0.29) is 12.0 Å². The normalized spacial score (nSPS) is 18.6. The first-order chi connectivity index (χ1) is 4.27. The van der Waals surface area contributed by atoms with Crippen LogP contribution in [0.1, 0.15) is 34.1 Å². The highest BCUT2D eigenvalue weighted by atomic mass is 19.1. The molecule has 0 saturated carbocycles. The maximum Gasteiger partial charge on any atom is 0.120 e. The molecule has 0 amide bonds. The fourth-order valence-corrected chi connectivity index (χ4v) is 1.18. The summed E-state index contributed by atoms with van der Waals surface area (Å²) in [4.78, 5) is 0. The van der Waals surface area contributed by atoms with Crippen LogP contribution in [-0.2, 0) is 0 Å². The molecule has 0 spiro atoms. The van der Waals surface area contributed by atoms with E-state index in [9.17, 15) is 4.39 Å². The van der Waals surface area contributed by atoms with Gasteiger partial charge >= 0.3 is 0 Å². The fraction of sp³-hybridized carbons (Fsp3) is 1.00. The molecule has 0 heterocycles. The van der Waals surface area contributed by atoms with Crippen molar-refractivity contribution in [3.05, 3.63) is 0 Å². The van der Waals surface area contributed by atoms with Crippen molar-refractivity contribution in [2.75, 3.05) is 6.54 Å². The van der Waals surface area contributed by atoms with Gasteiger partial charge < -0.3 is 5.73 Å². The first kappa shape index (κ1) is 9.89. The lowest BCUT2D eigenvalue weighted by Gasteiger charge is -2.27. The lowest BCUT2D eigenvalue weighted by Crippen LogP contribution is -2.33. The van der Waals surface area contributed by atoms with Gasteiger partial charge in [-0.25, -0.2) is 4.39 Å². The van der Waals surface area contributed by atoms with Crippen molar-refractivity contribution in [3.8, 4) is 0 Å². The van der Waals surface area contributed by atoms with Gasteiger partial charge in [0.25, 0.3) is 0 Å². The predicted molar refractivity (Wildman–Crippen MR) is 42.6 cm³/mol. The molecule has 0 aromatic carbocycles. The first-order valence-corrected chi connectivity index (χ1v) is 3.66. The van der Waals surface area contributed by atoms with E-state index in [1.54, 1.807) is 6.92 Å². The molecular formula is C8H18FN. The van der Waals surface area contributed by atoms with Crippen molar-refractivity contribution in [1.29, 1.82) is 0 Å². The summed E-state index contributed by atoms with van der Waals surface area (Å²) in [6.07, 6.45) is 0.524. The van der Waals surface area contributed by atoms with Gasteiger partial charge in [-0.3, -0.25) is 0 Å². The fourth-order valence-electron chi connectivity index (χ4n) is 1.18. The van der Waals surface area contributed by atoms with Crippen LogP contribution in [0.2, 0.25) is 0 Å². The molecule has 0 aliphatic rings. The largest absolute Gasteiger partial charge is 0.328 e. The lowest BCUT2D eigenvalue weighted by atomic mass is 9.84. The van der Waals surface area contributed by atoms with Crippen LogP contribution in [0.4, 0.5) is 4.39 Å². The van der Waals surface area contributed by atoms with Crippen LogP contribution >= 0.6 is 0 Å². The highest BCUT2D eigenvalue weighted by Gasteiger charge is 2.27. The van der Waals surface area contributed by atoms with E-state index < -0.39 is 5.67 Å². The minimum atomic E-state index is -1.20. The summed E-state index contributed by atoms with van der Waals surface area (Å²) >= 11 is 0. The van der Waals surface area contributed by atoms with Gasteiger partial charge in [-0.2, -0.15) is 0 Å². The third-order valence-corrected chi connectivity index (χ3v) is 1.32. The van der Waals surface area contributed by atoms with Crippen LogP contribution in [0.5, 0.6) is 0 Å². The van der Waals surface area contributed by atoms with Crippen molar-refractivity contribution in [3.63, 3.8) is 0 Å². The van der Waals surface area contributed by atoms with Gasteiger partial charge in [-0.05, 0) is 18.8 Å². The van der Waals surface area contributed by atoms with Crippen LogP contribution in [0.3, 0.4) is 0 Å². The van der Waals surface area contributed by atoms with Crippen molar-refractivity contribution in [1.82, 2.24) is 0 Å². The molecule has 0 aliphatic carbocycles. The van der Waals surface area contributed by atoms with Gasteiger partial charge in [-0.15, -0.1) is 0 Å². The molecule has 0 aromatic heterocycles. The Hall–Kier alpha value is -0.110. The molecule has 62 valence electrons. The van der Waals surface area contributed by atoms with E-state index in [4.69, 9.17) is 5.73 Å². The topological polar surface area (TPSA) is 26.0 Å². The number of hydrogen-bond donors (Lipinski definition) is 1. The molecule has 1 atom stereocenters. The van der Waals surface area contributed by atoms with E-state index in [0.717, 1.165) is 0 Å². The second-order valence-electron chi connectivity index (χ2n) is 4.35. The minimum Gasteiger partial charge on any atom is -0.328 e. The summed E-state index contributed by atoms with van der Waals surface area (Å²) in [5, 5.41) is 0. The SMILES string of the molecule is CC(C)(C)CC(C)(F)CN. The van der Waals surface area contributed by atoms with E-state index in [1.807, 2.05) is 20.8 Å². The summed E-state index contributed by atoms with van der Waals surface area (Å²) in [6.45, 7) is 7.71. The zero-order chi connectivity index (χ0) is 8.41. The molecule has 2 N–H and O–H groups in total. The van der Waals surface area contributed by atoms with Gasteiger partial charge in [-0.1, -0.05) is 20.8 Å². The molecule has 2 heteroatoms. The monoisotopic (exact) mass is 147 g/mol. The zero-order valence-electron chi connectivity index (χ0n) is 7.37. The molecule has 0 rings (SSSR count). The average Bonchev–Trinajstić information content (AvgIpc) is 1.60. The van der Waals surface area contributed by atoms with E-state index in [1.165, 1.54) is 0 Å². The predicted octanol–water partition coefficient (Wildman–Crippen LogP) is 2.11.